The first kappa shape index (κ1) is 27.8. The Labute approximate surface area is 203 Å². The highest BCUT2D eigenvalue weighted by molar-refractivity contribution is 14.0. The van der Waals surface area contributed by atoms with Crippen molar-refractivity contribution in [2.45, 2.75) is 32.8 Å². The monoisotopic (exact) mass is 567 g/mol. The van der Waals surface area contributed by atoms with Crippen molar-refractivity contribution >= 4 is 29.9 Å². The molecule has 0 saturated carbocycles. The molecule has 0 bridgehead atoms. The lowest BCUT2D eigenvalue weighted by Gasteiger charge is -2.14. The number of methoxy groups -OCH3 is 1. The SMILES string of the molecule is CCOc1ccc(CNC(=NC)NCc2ccc(COCC(F)(F)F)cc2)cc1OC.I. The van der Waals surface area contributed by atoms with Crippen LogP contribution in [0.2, 0.25) is 0 Å². The van der Waals surface area contributed by atoms with Gasteiger partial charge in [0.2, 0.25) is 0 Å². The summed E-state index contributed by atoms with van der Waals surface area (Å²) in [7, 11) is 3.28. The molecule has 0 atom stereocenters. The lowest BCUT2D eigenvalue weighted by Crippen LogP contribution is -2.36. The number of alkyl halides is 3. The van der Waals surface area contributed by atoms with E-state index in [1.54, 1.807) is 26.3 Å². The molecular weight excluding hydrogens is 538 g/mol. The molecule has 0 unspecified atom stereocenters. The third kappa shape index (κ3) is 9.94. The molecule has 2 aromatic carbocycles. The number of rotatable bonds is 10. The van der Waals surface area contributed by atoms with E-state index in [0.29, 0.717) is 42.7 Å². The molecule has 0 saturated heterocycles. The standard InChI is InChI=1S/C22H28F3N3O3.HI/c1-4-31-19-10-9-18(11-20(19)29-3)13-28-21(26-2)27-12-16-5-7-17(8-6-16)14-30-15-22(23,24)25;/h5-11H,4,12-15H2,1-3H3,(H2,26,27,28);1H. The van der Waals surface area contributed by atoms with Gasteiger partial charge in [-0.25, -0.2) is 0 Å². The van der Waals surface area contributed by atoms with Gasteiger partial charge >= 0.3 is 6.18 Å². The predicted molar refractivity (Wildman–Crippen MR) is 129 cm³/mol. The van der Waals surface area contributed by atoms with Gasteiger partial charge in [0.25, 0.3) is 0 Å². The maximum Gasteiger partial charge on any atom is 0.411 e. The van der Waals surface area contributed by atoms with Gasteiger partial charge in [0.1, 0.15) is 6.61 Å². The number of halogens is 4. The van der Waals surface area contributed by atoms with Crippen LogP contribution in [0.15, 0.2) is 47.5 Å². The van der Waals surface area contributed by atoms with E-state index in [0.717, 1.165) is 11.1 Å². The largest absolute Gasteiger partial charge is 0.493 e. The summed E-state index contributed by atoms with van der Waals surface area (Å²) in [5.41, 5.74) is 2.65. The summed E-state index contributed by atoms with van der Waals surface area (Å²) < 4.78 is 51.9. The highest BCUT2D eigenvalue weighted by Crippen LogP contribution is 2.27. The van der Waals surface area contributed by atoms with Gasteiger partial charge in [0.15, 0.2) is 17.5 Å². The maximum absolute atomic E-state index is 12.1. The van der Waals surface area contributed by atoms with E-state index in [9.17, 15) is 13.2 Å². The molecule has 0 aliphatic heterocycles. The lowest BCUT2D eigenvalue weighted by molar-refractivity contribution is -0.176. The highest BCUT2D eigenvalue weighted by atomic mass is 127. The molecule has 2 N–H and O–H groups in total. The van der Waals surface area contributed by atoms with E-state index < -0.39 is 12.8 Å². The van der Waals surface area contributed by atoms with Gasteiger partial charge in [0, 0.05) is 20.1 Å². The summed E-state index contributed by atoms with van der Waals surface area (Å²) in [6, 6.07) is 12.9. The summed E-state index contributed by atoms with van der Waals surface area (Å²) in [4.78, 5) is 4.20. The normalized spacial score (nSPS) is 11.5. The van der Waals surface area contributed by atoms with Crippen LogP contribution in [0.5, 0.6) is 11.5 Å². The van der Waals surface area contributed by atoms with Crippen LogP contribution in [-0.4, -0.2) is 39.5 Å². The smallest absolute Gasteiger partial charge is 0.411 e. The van der Waals surface area contributed by atoms with Crippen LogP contribution in [-0.2, 0) is 24.4 Å². The summed E-state index contributed by atoms with van der Waals surface area (Å²) in [6.45, 7) is 2.19. The van der Waals surface area contributed by atoms with Crippen LogP contribution in [0.3, 0.4) is 0 Å². The molecule has 0 fully saturated rings. The third-order valence-electron chi connectivity index (χ3n) is 4.23. The van der Waals surface area contributed by atoms with Crippen LogP contribution in [0, 0.1) is 0 Å². The van der Waals surface area contributed by atoms with Crippen molar-refractivity contribution in [3.63, 3.8) is 0 Å². The number of nitrogens with one attached hydrogen (secondary N) is 2. The molecule has 0 heterocycles. The van der Waals surface area contributed by atoms with Gasteiger partial charge in [-0.1, -0.05) is 30.3 Å². The molecule has 10 heteroatoms. The Balaban J connectivity index is 0.00000512. The number of aliphatic imine (C=N–C) groups is 1. The Morgan fingerprint density at radius 1 is 0.938 bits per heavy atom. The lowest BCUT2D eigenvalue weighted by atomic mass is 10.1. The van der Waals surface area contributed by atoms with Crippen LogP contribution >= 0.6 is 24.0 Å². The molecule has 0 aliphatic carbocycles. The first-order chi connectivity index (χ1) is 14.8. The van der Waals surface area contributed by atoms with Crippen LogP contribution in [0.25, 0.3) is 0 Å². The van der Waals surface area contributed by atoms with Crippen molar-refractivity contribution in [1.29, 1.82) is 0 Å². The molecule has 0 amide bonds. The molecule has 32 heavy (non-hydrogen) atoms. The second-order valence-corrected chi connectivity index (χ2v) is 6.62. The molecule has 2 rings (SSSR count). The summed E-state index contributed by atoms with van der Waals surface area (Å²) in [5, 5.41) is 6.43. The average Bonchev–Trinajstić information content (AvgIpc) is 2.75. The average molecular weight is 567 g/mol. The van der Waals surface area contributed by atoms with E-state index in [1.165, 1.54) is 0 Å². The zero-order valence-electron chi connectivity index (χ0n) is 18.3. The van der Waals surface area contributed by atoms with Crippen molar-refractivity contribution in [3.05, 3.63) is 59.2 Å². The summed E-state index contributed by atoms with van der Waals surface area (Å²) in [5.74, 6) is 1.98. The van der Waals surface area contributed by atoms with E-state index in [-0.39, 0.29) is 30.6 Å². The van der Waals surface area contributed by atoms with Gasteiger partial charge in [-0.15, -0.1) is 24.0 Å². The minimum absolute atomic E-state index is 0. The van der Waals surface area contributed by atoms with E-state index in [4.69, 9.17) is 9.47 Å². The number of hydrogen-bond acceptors (Lipinski definition) is 4. The van der Waals surface area contributed by atoms with Gasteiger partial charge in [-0.2, -0.15) is 13.2 Å². The fourth-order valence-corrected chi connectivity index (χ4v) is 2.73. The van der Waals surface area contributed by atoms with Gasteiger partial charge in [0.05, 0.1) is 20.3 Å². The number of ether oxygens (including phenoxy) is 3. The fourth-order valence-electron chi connectivity index (χ4n) is 2.73. The molecule has 0 aromatic heterocycles. The zero-order valence-corrected chi connectivity index (χ0v) is 20.6. The number of hydrogen-bond donors (Lipinski definition) is 2. The number of benzene rings is 2. The summed E-state index contributed by atoms with van der Waals surface area (Å²) in [6.07, 6.45) is -4.32. The molecular formula is C22H29F3IN3O3. The highest BCUT2D eigenvalue weighted by Gasteiger charge is 2.27. The maximum atomic E-state index is 12.1. The van der Waals surface area contributed by atoms with Gasteiger partial charge in [-0.05, 0) is 35.7 Å². The first-order valence-electron chi connectivity index (χ1n) is 9.81. The van der Waals surface area contributed by atoms with Gasteiger partial charge < -0.3 is 24.8 Å². The molecule has 6 nitrogen and oxygen atoms in total. The minimum Gasteiger partial charge on any atom is -0.493 e. The quantitative estimate of drug-likeness (QED) is 0.249. The topological polar surface area (TPSA) is 64.1 Å². The van der Waals surface area contributed by atoms with Crippen LogP contribution < -0.4 is 20.1 Å². The second kappa shape index (κ2) is 14.0. The molecule has 2 aromatic rings. The van der Waals surface area contributed by atoms with E-state index in [2.05, 4.69) is 20.4 Å². The third-order valence-corrected chi connectivity index (χ3v) is 4.23. The van der Waals surface area contributed by atoms with Crippen LogP contribution in [0.1, 0.15) is 23.6 Å². The number of guanidine groups is 1. The van der Waals surface area contributed by atoms with Crippen molar-refractivity contribution in [2.75, 3.05) is 27.4 Å². The zero-order chi connectivity index (χ0) is 22.7. The molecule has 0 aliphatic rings. The minimum atomic E-state index is -4.32. The fraction of sp³-hybridized carbons (Fsp3) is 0.409. The Bertz CT molecular complexity index is 847. The second-order valence-electron chi connectivity index (χ2n) is 6.62. The van der Waals surface area contributed by atoms with Crippen LogP contribution in [0.4, 0.5) is 13.2 Å². The Morgan fingerprint density at radius 2 is 1.53 bits per heavy atom. The first-order valence-corrected chi connectivity index (χ1v) is 9.81. The van der Waals surface area contributed by atoms with Crippen molar-refractivity contribution in [3.8, 4) is 11.5 Å². The van der Waals surface area contributed by atoms with E-state index in [1.807, 2.05) is 37.3 Å². The van der Waals surface area contributed by atoms with E-state index >= 15 is 0 Å². The number of nitrogens with zero attached hydrogens (tertiary/aromatic N) is 1. The molecule has 178 valence electrons. The predicted octanol–water partition coefficient (Wildman–Crippen LogP) is 4.66. The summed E-state index contributed by atoms with van der Waals surface area (Å²) >= 11 is 0. The molecule has 0 radical (unpaired) electrons. The molecule has 0 spiro atoms. The Hall–Kier alpha value is -2.21. The Morgan fingerprint density at radius 3 is 2.09 bits per heavy atom. The van der Waals surface area contributed by atoms with Crippen molar-refractivity contribution < 1.29 is 27.4 Å². The van der Waals surface area contributed by atoms with Crippen molar-refractivity contribution in [1.82, 2.24) is 10.6 Å². The van der Waals surface area contributed by atoms with Gasteiger partial charge in [-0.3, -0.25) is 4.99 Å². The Kier molecular flexibility index (Phi) is 12.2. The van der Waals surface area contributed by atoms with Crippen molar-refractivity contribution in [2.24, 2.45) is 4.99 Å².